The summed E-state index contributed by atoms with van der Waals surface area (Å²) in [4.78, 5) is 26.7. The van der Waals surface area contributed by atoms with Gasteiger partial charge >= 0.3 is 0 Å². The molecule has 24 heavy (non-hydrogen) atoms. The van der Waals surface area contributed by atoms with E-state index in [-0.39, 0.29) is 24.6 Å². The molecule has 1 amide bonds. The van der Waals surface area contributed by atoms with Crippen molar-refractivity contribution in [3.05, 3.63) is 76.1 Å². The van der Waals surface area contributed by atoms with E-state index in [0.29, 0.717) is 11.3 Å². The molecular weight excluding hydrogens is 304 g/mol. The molecule has 1 aromatic heterocycles. The van der Waals surface area contributed by atoms with E-state index in [1.807, 2.05) is 55.5 Å². The lowest BCUT2D eigenvalue weighted by atomic mass is 10.1. The molecule has 0 bridgehead atoms. The number of carbonyl (C=O) groups is 1. The SMILES string of the molecule is Cc1ccc(OCC(=O)NCc2cc3ccccc3[nH]c2=O)cc1. The third kappa shape index (κ3) is 3.81. The molecule has 0 saturated heterocycles. The Morgan fingerprint density at radius 1 is 1.12 bits per heavy atom. The van der Waals surface area contributed by atoms with Crippen LogP contribution in [0.5, 0.6) is 5.75 Å². The van der Waals surface area contributed by atoms with Gasteiger partial charge in [0.25, 0.3) is 11.5 Å². The highest BCUT2D eigenvalue weighted by Crippen LogP contribution is 2.11. The molecule has 3 rings (SSSR count). The molecule has 5 heteroatoms. The Bertz CT molecular complexity index is 914. The molecule has 0 aliphatic carbocycles. The van der Waals surface area contributed by atoms with E-state index in [9.17, 15) is 9.59 Å². The molecule has 5 nitrogen and oxygen atoms in total. The van der Waals surface area contributed by atoms with Crippen LogP contribution < -0.4 is 15.6 Å². The number of nitrogens with one attached hydrogen (secondary N) is 2. The van der Waals surface area contributed by atoms with Gasteiger partial charge in [-0.1, -0.05) is 35.9 Å². The number of carbonyl (C=O) groups excluding carboxylic acids is 1. The van der Waals surface area contributed by atoms with Crippen LogP contribution >= 0.6 is 0 Å². The number of para-hydroxylation sites is 1. The summed E-state index contributed by atoms with van der Waals surface area (Å²) in [6.07, 6.45) is 0. The van der Waals surface area contributed by atoms with Gasteiger partial charge < -0.3 is 15.0 Å². The number of fused-ring (bicyclic) bond motifs is 1. The van der Waals surface area contributed by atoms with Gasteiger partial charge in [-0.2, -0.15) is 0 Å². The standard InChI is InChI=1S/C19H18N2O3/c1-13-6-8-16(9-7-13)24-12-18(22)20-11-15-10-14-4-2-3-5-17(14)21-19(15)23/h2-10H,11-12H2,1H3,(H,20,22)(H,21,23). The number of hydrogen-bond donors (Lipinski definition) is 2. The summed E-state index contributed by atoms with van der Waals surface area (Å²) >= 11 is 0. The Morgan fingerprint density at radius 2 is 1.88 bits per heavy atom. The van der Waals surface area contributed by atoms with Crippen LogP contribution in [-0.2, 0) is 11.3 Å². The number of rotatable bonds is 5. The lowest BCUT2D eigenvalue weighted by Gasteiger charge is -2.08. The zero-order valence-electron chi connectivity index (χ0n) is 13.3. The molecule has 0 radical (unpaired) electrons. The van der Waals surface area contributed by atoms with Gasteiger partial charge in [0.15, 0.2) is 6.61 Å². The molecule has 0 spiro atoms. The Labute approximate surface area is 139 Å². The van der Waals surface area contributed by atoms with Crippen molar-refractivity contribution in [1.82, 2.24) is 10.3 Å². The fourth-order valence-corrected chi connectivity index (χ4v) is 2.35. The van der Waals surface area contributed by atoms with Crippen LogP contribution in [0.15, 0.2) is 59.4 Å². The molecular formula is C19H18N2O3. The van der Waals surface area contributed by atoms with Gasteiger partial charge in [-0.3, -0.25) is 9.59 Å². The van der Waals surface area contributed by atoms with E-state index in [1.165, 1.54) is 0 Å². The van der Waals surface area contributed by atoms with Gasteiger partial charge in [0, 0.05) is 17.6 Å². The smallest absolute Gasteiger partial charge is 0.258 e. The predicted molar refractivity (Wildman–Crippen MR) is 93.1 cm³/mol. The molecule has 0 aliphatic heterocycles. The molecule has 2 aromatic carbocycles. The molecule has 2 N–H and O–H groups in total. The fraction of sp³-hybridized carbons (Fsp3) is 0.158. The third-order valence-corrected chi connectivity index (χ3v) is 3.70. The first-order valence-electron chi connectivity index (χ1n) is 7.69. The maximum atomic E-state index is 12.0. The summed E-state index contributed by atoms with van der Waals surface area (Å²) in [6, 6.07) is 16.8. The molecule has 1 heterocycles. The van der Waals surface area contributed by atoms with Crippen LogP contribution in [0.2, 0.25) is 0 Å². The number of aryl methyl sites for hydroxylation is 1. The zero-order valence-corrected chi connectivity index (χ0v) is 13.3. The first-order valence-corrected chi connectivity index (χ1v) is 7.69. The average molecular weight is 322 g/mol. The van der Waals surface area contributed by atoms with E-state index < -0.39 is 0 Å². The van der Waals surface area contributed by atoms with Crippen molar-refractivity contribution >= 4 is 16.8 Å². The van der Waals surface area contributed by atoms with E-state index in [0.717, 1.165) is 16.5 Å². The van der Waals surface area contributed by atoms with Crippen LogP contribution in [0.4, 0.5) is 0 Å². The molecule has 0 atom stereocenters. The highest BCUT2D eigenvalue weighted by Gasteiger charge is 2.06. The lowest BCUT2D eigenvalue weighted by molar-refractivity contribution is -0.123. The molecule has 0 aliphatic rings. The summed E-state index contributed by atoms with van der Waals surface area (Å²) in [5.41, 5.74) is 2.22. The maximum absolute atomic E-state index is 12.0. The number of aromatic amines is 1. The number of pyridine rings is 1. The first-order chi connectivity index (χ1) is 11.6. The normalized spacial score (nSPS) is 10.5. The predicted octanol–water partition coefficient (Wildman–Crippen LogP) is 2.53. The van der Waals surface area contributed by atoms with Crippen molar-refractivity contribution < 1.29 is 9.53 Å². The molecule has 0 saturated carbocycles. The molecule has 3 aromatic rings. The summed E-state index contributed by atoms with van der Waals surface area (Å²) in [5, 5.41) is 3.63. The van der Waals surface area contributed by atoms with Crippen LogP contribution in [-0.4, -0.2) is 17.5 Å². The van der Waals surface area contributed by atoms with Crippen molar-refractivity contribution in [2.75, 3.05) is 6.61 Å². The Balaban J connectivity index is 1.59. The molecule has 0 fully saturated rings. The van der Waals surface area contributed by atoms with Crippen LogP contribution in [0, 0.1) is 6.92 Å². The van der Waals surface area contributed by atoms with Crippen molar-refractivity contribution in [3.8, 4) is 5.75 Å². The number of hydrogen-bond acceptors (Lipinski definition) is 3. The summed E-state index contributed by atoms with van der Waals surface area (Å²) in [7, 11) is 0. The van der Waals surface area contributed by atoms with Gasteiger partial charge in [-0.05, 0) is 36.6 Å². The first kappa shape index (κ1) is 15.8. The number of ether oxygens (including phenoxy) is 1. The van der Waals surface area contributed by atoms with Gasteiger partial charge in [0.2, 0.25) is 0 Å². The highest BCUT2D eigenvalue weighted by atomic mass is 16.5. The third-order valence-electron chi connectivity index (χ3n) is 3.70. The van der Waals surface area contributed by atoms with Crippen molar-refractivity contribution in [2.24, 2.45) is 0 Å². The van der Waals surface area contributed by atoms with Crippen molar-refractivity contribution in [1.29, 1.82) is 0 Å². The monoisotopic (exact) mass is 322 g/mol. The van der Waals surface area contributed by atoms with E-state index in [4.69, 9.17) is 4.74 Å². The second-order valence-corrected chi connectivity index (χ2v) is 5.59. The van der Waals surface area contributed by atoms with Crippen LogP contribution in [0.3, 0.4) is 0 Å². The highest BCUT2D eigenvalue weighted by molar-refractivity contribution is 5.79. The zero-order chi connectivity index (χ0) is 16.9. The van der Waals surface area contributed by atoms with Gasteiger partial charge in [-0.25, -0.2) is 0 Å². The Kier molecular flexibility index (Phi) is 4.61. The number of aromatic nitrogens is 1. The number of benzene rings is 2. The van der Waals surface area contributed by atoms with Gasteiger partial charge in [0.1, 0.15) is 5.75 Å². The van der Waals surface area contributed by atoms with E-state index in [1.54, 1.807) is 6.07 Å². The second kappa shape index (κ2) is 7.00. The Morgan fingerprint density at radius 3 is 2.67 bits per heavy atom. The van der Waals surface area contributed by atoms with E-state index in [2.05, 4.69) is 10.3 Å². The maximum Gasteiger partial charge on any atom is 0.258 e. The topological polar surface area (TPSA) is 71.2 Å². The van der Waals surface area contributed by atoms with Crippen molar-refractivity contribution in [3.63, 3.8) is 0 Å². The Hall–Kier alpha value is -3.08. The van der Waals surface area contributed by atoms with E-state index >= 15 is 0 Å². The minimum Gasteiger partial charge on any atom is -0.484 e. The summed E-state index contributed by atoms with van der Waals surface area (Å²) in [6.45, 7) is 2.06. The molecule has 0 unspecified atom stereocenters. The average Bonchev–Trinajstić information content (AvgIpc) is 2.59. The van der Waals surface area contributed by atoms with Crippen LogP contribution in [0.1, 0.15) is 11.1 Å². The fourth-order valence-electron chi connectivity index (χ4n) is 2.35. The summed E-state index contributed by atoms with van der Waals surface area (Å²) in [5.74, 6) is 0.363. The summed E-state index contributed by atoms with van der Waals surface area (Å²) < 4.78 is 5.41. The number of amides is 1. The molecule has 122 valence electrons. The lowest BCUT2D eigenvalue weighted by Crippen LogP contribution is -2.30. The second-order valence-electron chi connectivity index (χ2n) is 5.59. The van der Waals surface area contributed by atoms with Gasteiger partial charge in [-0.15, -0.1) is 0 Å². The number of H-pyrrole nitrogens is 1. The quantitative estimate of drug-likeness (QED) is 0.758. The minimum atomic E-state index is -0.275. The minimum absolute atomic E-state index is 0.0887. The van der Waals surface area contributed by atoms with Gasteiger partial charge in [0.05, 0.1) is 0 Å². The largest absolute Gasteiger partial charge is 0.484 e. The van der Waals surface area contributed by atoms with Crippen molar-refractivity contribution in [2.45, 2.75) is 13.5 Å². The van der Waals surface area contributed by atoms with Crippen LogP contribution in [0.25, 0.3) is 10.9 Å².